The third kappa shape index (κ3) is 7.39. The van der Waals surface area contributed by atoms with Crippen molar-refractivity contribution in [3.63, 3.8) is 0 Å². The Labute approximate surface area is 222 Å². The normalized spacial score (nSPS) is 12.2. The summed E-state index contributed by atoms with van der Waals surface area (Å²) in [5.74, 6) is -2.59. The second kappa shape index (κ2) is 13.9. The molecular weight excluding hydrogens is 484 g/mol. The Hall–Kier alpha value is -4.24. The van der Waals surface area contributed by atoms with Crippen LogP contribution in [0.2, 0.25) is 0 Å². The van der Waals surface area contributed by atoms with Gasteiger partial charge in [0.1, 0.15) is 0 Å². The molecule has 200 valence electrons. The molecule has 2 aromatic carbocycles. The molecule has 3 aromatic rings. The SMILES string of the molecule is CCN(CC)CCNC(=O)c1nn(-c2ccccc2)c2c1CCCc1ccccc1-2.O=C(O)C=CC(=O)O. The van der Waals surface area contributed by atoms with Gasteiger partial charge in [-0.1, -0.05) is 56.3 Å². The smallest absolute Gasteiger partial charge is 0.328 e. The molecule has 0 aliphatic heterocycles. The second-order valence-electron chi connectivity index (χ2n) is 8.73. The minimum absolute atomic E-state index is 0.0764. The van der Waals surface area contributed by atoms with Crippen LogP contribution >= 0.6 is 0 Å². The van der Waals surface area contributed by atoms with Crippen LogP contribution in [0.1, 0.15) is 41.9 Å². The molecule has 9 heteroatoms. The lowest BCUT2D eigenvalue weighted by atomic mass is 10.0. The topological polar surface area (TPSA) is 125 Å². The van der Waals surface area contributed by atoms with E-state index in [1.54, 1.807) is 0 Å². The number of carbonyl (C=O) groups excluding carboxylic acids is 1. The van der Waals surface area contributed by atoms with Crippen molar-refractivity contribution in [1.29, 1.82) is 0 Å². The fourth-order valence-electron chi connectivity index (χ4n) is 4.42. The number of likely N-dealkylation sites (N-methyl/N-ethyl adjacent to an activating group) is 1. The van der Waals surface area contributed by atoms with E-state index in [-0.39, 0.29) is 5.91 Å². The third-order valence-electron chi connectivity index (χ3n) is 6.32. The molecule has 4 rings (SSSR count). The van der Waals surface area contributed by atoms with Gasteiger partial charge in [-0.2, -0.15) is 5.10 Å². The molecule has 9 nitrogen and oxygen atoms in total. The molecule has 0 spiro atoms. The molecular formula is C29H34N4O5. The van der Waals surface area contributed by atoms with Crippen LogP contribution in [0.5, 0.6) is 0 Å². The minimum atomic E-state index is -1.26. The van der Waals surface area contributed by atoms with Gasteiger partial charge in [-0.25, -0.2) is 14.3 Å². The summed E-state index contributed by atoms with van der Waals surface area (Å²) in [7, 11) is 0. The monoisotopic (exact) mass is 518 g/mol. The van der Waals surface area contributed by atoms with Crippen molar-refractivity contribution in [3.8, 4) is 16.9 Å². The first kappa shape index (κ1) is 28.3. The lowest BCUT2D eigenvalue weighted by Crippen LogP contribution is -2.35. The number of carboxylic acid groups (broad SMARTS) is 2. The first-order chi connectivity index (χ1) is 18.3. The van der Waals surface area contributed by atoms with Crippen molar-refractivity contribution in [2.24, 2.45) is 0 Å². The highest BCUT2D eigenvalue weighted by molar-refractivity contribution is 5.96. The van der Waals surface area contributed by atoms with Crippen molar-refractivity contribution in [1.82, 2.24) is 20.0 Å². The van der Waals surface area contributed by atoms with Crippen molar-refractivity contribution in [3.05, 3.63) is 83.6 Å². The molecule has 0 saturated heterocycles. The van der Waals surface area contributed by atoms with E-state index in [2.05, 4.69) is 48.3 Å². The highest BCUT2D eigenvalue weighted by atomic mass is 16.4. The highest BCUT2D eigenvalue weighted by Crippen LogP contribution is 2.35. The fraction of sp³-hybridized carbons (Fsp3) is 0.310. The molecule has 0 unspecified atom stereocenters. The van der Waals surface area contributed by atoms with Crippen LogP contribution < -0.4 is 5.32 Å². The summed E-state index contributed by atoms with van der Waals surface area (Å²) in [4.78, 5) is 34.6. The van der Waals surface area contributed by atoms with Crippen LogP contribution in [0.25, 0.3) is 16.9 Å². The fourth-order valence-corrected chi connectivity index (χ4v) is 4.42. The number of nitrogens with one attached hydrogen (secondary N) is 1. The van der Waals surface area contributed by atoms with Gasteiger partial charge >= 0.3 is 11.9 Å². The molecule has 1 amide bonds. The Morgan fingerprint density at radius 1 is 0.947 bits per heavy atom. The van der Waals surface area contributed by atoms with Crippen LogP contribution in [-0.2, 0) is 22.4 Å². The number of hydrogen-bond donors (Lipinski definition) is 3. The van der Waals surface area contributed by atoms with Crippen LogP contribution in [0.3, 0.4) is 0 Å². The van der Waals surface area contributed by atoms with Gasteiger partial charge in [-0.05, 0) is 50.0 Å². The Kier molecular flexibility index (Phi) is 10.4. The number of aromatic nitrogens is 2. The van der Waals surface area contributed by atoms with E-state index in [1.807, 2.05) is 35.0 Å². The summed E-state index contributed by atoms with van der Waals surface area (Å²) >= 11 is 0. The highest BCUT2D eigenvalue weighted by Gasteiger charge is 2.27. The summed E-state index contributed by atoms with van der Waals surface area (Å²) in [6.45, 7) is 7.74. The lowest BCUT2D eigenvalue weighted by molar-refractivity contribution is -0.134. The Morgan fingerprint density at radius 2 is 1.58 bits per heavy atom. The zero-order valence-corrected chi connectivity index (χ0v) is 21.8. The number of rotatable bonds is 9. The third-order valence-corrected chi connectivity index (χ3v) is 6.32. The van der Waals surface area contributed by atoms with Crippen LogP contribution in [0.4, 0.5) is 0 Å². The predicted octanol–water partition coefficient (Wildman–Crippen LogP) is 3.81. The van der Waals surface area contributed by atoms with Gasteiger partial charge < -0.3 is 20.4 Å². The summed E-state index contributed by atoms with van der Waals surface area (Å²) in [5, 5.41) is 23.6. The van der Waals surface area contributed by atoms with Crippen molar-refractivity contribution >= 4 is 17.8 Å². The van der Waals surface area contributed by atoms with Crippen LogP contribution in [0, 0.1) is 0 Å². The molecule has 0 atom stereocenters. The first-order valence-corrected chi connectivity index (χ1v) is 12.8. The van der Waals surface area contributed by atoms with Gasteiger partial charge in [0.2, 0.25) is 0 Å². The number of carboxylic acids is 2. The molecule has 1 aliphatic carbocycles. The molecule has 3 N–H and O–H groups in total. The van der Waals surface area contributed by atoms with Crippen molar-refractivity contribution in [2.45, 2.75) is 33.1 Å². The van der Waals surface area contributed by atoms with Crippen molar-refractivity contribution in [2.75, 3.05) is 26.2 Å². The molecule has 1 heterocycles. The molecule has 0 radical (unpaired) electrons. The van der Waals surface area contributed by atoms with Gasteiger partial charge in [0, 0.05) is 36.4 Å². The summed E-state index contributed by atoms with van der Waals surface area (Å²) < 4.78 is 1.96. The minimum Gasteiger partial charge on any atom is -0.478 e. The maximum absolute atomic E-state index is 13.1. The number of aryl methyl sites for hydroxylation is 1. The summed E-state index contributed by atoms with van der Waals surface area (Å²) in [6, 6.07) is 18.6. The average Bonchev–Trinajstić information content (AvgIpc) is 3.20. The first-order valence-electron chi connectivity index (χ1n) is 12.8. The standard InChI is InChI=1S/C25H30N4O.C4H4O4/c1-3-28(4-2)18-17-26-25(30)23-22-16-10-12-19-11-8-9-15-21(19)24(22)29(27-23)20-13-6-5-7-14-20;5-3(6)1-2-4(7)8/h5-9,11,13-15H,3-4,10,12,16-18H2,1-2H3,(H,26,30);1-2H,(H,5,6)(H,7,8). The van der Waals surface area contributed by atoms with E-state index in [0.717, 1.165) is 55.8 Å². The maximum Gasteiger partial charge on any atom is 0.328 e. The van der Waals surface area contributed by atoms with Crippen LogP contribution in [-0.4, -0.2) is 68.9 Å². The quantitative estimate of drug-likeness (QED) is 0.368. The number of benzene rings is 2. The van der Waals surface area contributed by atoms with Gasteiger partial charge in [0.15, 0.2) is 5.69 Å². The van der Waals surface area contributed by atoms with E-state index in [0.29, 0.717) is 24.4 Å². The van der Waals surface area contributed by atoms with Gasteiger partial charge in [-0.3, -0.25) is 4.79 Å². The Bertz CT molecular complexity index is 1260. The number of hydrogen-bond acceptors (Lipinski definition) is 5. The number of carbonyl (C=O) groups is 3. The molecule has 0 saturated carbocycles. The summed E-state index contributed by atoms with van der Waals surface area (Å²) in [5.41, 5.74) is 6.16. The zero-order chi connectivity index (χ0) is 27.5. The van der Waals surface area contributed by atoms with E-state index in [1.165, 1.54) is 11.1 Å². The Balaban J connectivity index is 0.000000436. The van der Waals surface area contributed by atoms with Crippen LogP contribution in [0.15, 0.2) is 66.7 Å². The van der Waals surface area contributed by atoms with Gasteiger partial charge in [0.05, 0.1) is 11.4 Å². The number of aliphatic carboxylic acids is 2. The van der Waals surface area contributed by atoms with Gasteiger partial charge in [-0.15, -0.1) is 0 Å². The zero-order valence-electron chi connectivity index (χ0n) is 21.8. The van der Waals surface area contributed by atoms with Gasteiger partial charge in [0.25, 0.3) is 5.91 Å². The maximum atomic E-state index is 13.1. The molecule has 1 aliphatic rings. The largest absolute Gasteiger partial charge is 0.478 e. The van der Waals surface area contributed by atoms with E-state index < -0.39 is 11.9 Å². The van der Waals surface area contributed by atoms with E-state index in [9.17, 15) is 14.4 Å². The molecule has 38 heavy (non-hydrogen) atoms. The number of nitrogens with zero attached hydrogens (tertiary/aromatic N) is 3. The average molecular weight is 519 g/mol. The number of para-hydroxylation sites is 1. The van der Waals surface area contributed by atoms with Crippen molar-refractivity contribution < 1.29 is 24.6 Å². The Morgan fingerprint density at radius 3 is 2.21 bits per heavy atom. The van der Waals surface area contributed by atoms with E-state index >= 15 is 0 Å². The number of fused-ring (bicyclic) bond motifs is 3. The lowest BCUT2D eigenvalue weighted by Gasteiger charge is -2.17. The van der Waals surface area contributed by atoms with E-state index in [4.69, 9.17) is 15.3 Å². The number of amides is 1. The summed E-state index contributed by atoms with van der Waals surface area (Å²) in [6.07, 6.45) is 4.01. The molecule has 0 fully saturated rings. The second-order valence-corrected chi connectivity index (χ2v) is 8.73. The predicted molar refractivity (Wildman–Crippen MR) is 146 cm³/mol. The molecule has 0 bridgehead atoms. The molecule has 1 aromatic heterocycles.